The predicted molar refractivity (Wildman–Crippen MR) is 69.2 cm³/mol. The summed E-state index contributed by atoms with van der Waals surface area (Å²) in [5, 5.41) is 11.7. The third-order valence-electron chi connectivity index (χ3n) is 4.23. The zero-order valence-electron chi connectivity index (χ0n) is 11.3. The van der Waals surface area contributed by atoms with Gasteiger partial charge in [-0.2, -0.15) is 0 Å². The number of nitrogens with zero attached hydrogens (tertiary/aromatic N) is 5. The molecule has 0 spiro atoms. The van der Waals surface area contributed by atoms with Crippen LogP contribution in [0.5, 0.6) is 0 Å². The van der Waals surface area contributed by atoms with Gasteiger partial charge in [-0.3, -0.25) is 9.80 Å². The van der Waals surface area contributed by atoms with Crippen LogP contribution in [-0.4, -0.2) is 69.9 Å². The van der Waals surface area contributed by atoms with E-state index >= 15 is 0 Å². The van der Waals surface area contributed by atoms with Gasteiger partial charge in [-0.25, -0.2) is 0 Å². The Kier molecular flexibility index (Phi) is 3.32. The second-order valence-corrected chi connectivity index (χ2v) is 5.35. The highest BCUT2D eigenvalue weighted by atomic mass is 15.3. The molecule has 6 nitrogen and oxygen atoms in total. The molecule has 0 atom stereocenters. The second-order valence-electron chi connectivity index (χ2n) is 5.35. The van der Waals surface area contributed by atoms with E-state index in [0.29, 0.717) is 0 Å². The van der Waals surface area contributed by atoms with E-state index in [9.17, 15) is 0 Å². The number of rotatable bonds is 3. The molecule has 0 saturated carbocycles. The van der Waals surface area contributed by atoms with E-state index in [1.165, 1.54) is 26.2 Å². The first-order valence-electron chi connectivity index (χ1n) is 6.76. The molecule has 2 fully saturated rings. The molecule has 1 aromatic heterocycles. The van der Waals surface area contributed by atoms with E-state index in [1.54, 1.807) is 0 Å². The third-order valence-corrected chi connectivity index (χ3v) is 4.23. The van der Waals surface area contributed by atoms with Crippen LogP contribution in [-0.2, 0) is 13.6 Å². The zero-order chi connectivity index (χ0) is 12.5. The molecule has 2 aliphatic rings. The van der Waals surface area contributed by atoms with Crippen LogP contribution >= 0.6 is 0 Å². The van der Waals surface area contributed by atoms with Crippen molar-refractivity contribution in [2.45, 2.75) is 19.5 Å². The average Bonchev–Trinajstić information content (AvgIpc) is 2.61. The highest BCUT2D eigenvalue weighted by Crippen LogP contribution is 2.11. The summed E-state index contributed by atoms with van der Waals surface area (Å²) >= 11 is 0. The van der Waals surface area contributed by atoms with Crippen molar-refractivity contribution in [1.82, 2.24) is 29.9 Å². The lowest BCUT2D eigenvalue weighted by atomic mass is 10.1. The molecule has 0 radical (unpaired) electrons. The fraction of sp³-hybridized carbons (Fsp3) is 0.833. The lowest BCUT2D eigenvalue weighted by Crippen LogP contribution is -2.61. The Labute approximate surface area is 108 Å². The fourth-order valence-electron chi connectivity index (χ4n) is 2.61. The second kappa shape index (κ2) is 4.95. The van der Waals surface area contributed by atoms with Gasteiger partial charge in [0.25, 0.3) is 0 Å². The van der Waals surface area contributed by atoms with E-state index in [-0.39, 0.29) is 0 Å². The molecule has 2 aliphatic heterocycles. The Morgan fingerprint density at radius 3 is 2.39 bits per heavy atom. The van der Waals surface area contributed by atoms with Gasteiger partial charge in [0.15, 0.2) is 0 Å². The smallest absolute Gasteiger partial charge is 0.146 e. The fourth-order valence-corrected chi connectivity index (χ4v) is 2.61. The van der Waals surface area contributed by atoms with Crippen molar-refractivity contribution >= 4 is 0 Å². The maximum atomic E-state index is 4.24. The van der Waals surface area contributed by atoms with Gasteiger partial charge in [-0.1, -0.05) is 0 Å². The van der Waals surface area contributed by atoms with Crippen molar-refractivity contribution in [3.63, 3.8) is 0 Å². The Morgan fingerprint density at radius 1 is 1.17 bits per heavy atom. The Bertz CT molecular complexity index is 403. The summed E-state index contributed by atoms with van der Waals surface area (Å²) < 4.78 is 2.09. The van der Waals surface area contributed by atoms with Gasteiger partial charge in [0.2, 0.25) is 0 Å². The minimum Gasteiger partial charge on any atom is -0.317 e. The molecule has 100 valence electrons. The van der Waals surface area contributed by atoms with Crippen LogP contribution in [0, 0.1) is 6.92 Å². The van der Waals surface area contributed by atoms with Crippen molar-refractivity contribution in [3.8, 4) is 0 Å². The van der Waals surface area contributed by atoms with Gasteiger partial charge < -0.3 is 9.88 Å². The normalized spacial score (nSPS) is 23.2. The summed E-state index contributed by atoms with van der Waals surface area (Å²) in [6.45, 7) is 9.91. The third kappa shape index (κ3) is 2.28. The molecular weight excluding hydrogens is 228 g/mol. The Morgan fingerprint density at radius 2 is 1.89 bits per heavy atom. The van der Waals surface area contributed by atoms with Gasteiger partial charge in [0.05, 0.1) is 6.54 Å². The predicted octanol–water partition coefficient (Wildman–Crippen LogP) is -0.787. The average molecular weight is 250 g/mol. The molecule has 0 aliphatic carbocycles. The first-order chi connectivity index (χ1) is 8.74. The highest BCUT2D eigenvalue weighted by molar-refractivity contribution is 4.94. The van der Waals surface area contributed by atoms with E-state index in [2.05, 4.69) is 29.9 Å². The van der Waals surface area contributed by atoms with Gasteiger partial charge in [-0.15, -0.1) is 10.2 Å². The summed E-state index contributed by atoms with van der Waals surface area (Å²) in [5.74, 6) is 2.07. The molecule has 18 heavy (non-hydrogen) atoms. The van der Waals surface area contributed by atoms with Crippen LogP contribution in [0.2, 0.25) is 0 Å². The van der Waals surface area contributed by atoms with Crippen molar-refractivity contribution < 1.29 is 0 Å². The van der Waals surface area contributed by atoms with E-state index in [4.69, 9.17) is 0 Å². The quantitative estimate of drug-likeness (QED) is 0.762. The summed E-state index contributed by atoms with van der Waals surface area (Å²) in [4.78, 5) is 5.08. The summed E-state index contributed by atoms with van der Waals surface area (Å²) in [7, 11) is 2.04. The van der Waals surface area contributed by atoms with Crippen LogP contribution in [0.1, 0.15) is 11.6 Å². The number of hydrogen-bond donors (Lipinski definition) is 1. The SMILES string of the molecule is Cc1nnc(CN2CCN(C3CNC3)CC2)n1C. The van der Waals surface area contributed by atoms with Crippen LogP contribution in [0.15, 0.2) is 0 Å². The van der Waals surface area contributed by atoms with Gasteiger partial charge in [0, 0.05) is 52.4 Å². The molecule has 6 heteroatoms. The minimum atomic E-state index is 0.782. The maximum Gasteiger partial charge on any atom is 0.146 e. The molecular formula is C12H22N6. The number of aromatic nitrogens is 3. The lowest BCUT2D eigenvalue weighted by molar-refractivity contribution is 0.0680. The van der Waals surface area contributed by atoms with Crippen LogP contribution in [0.4, 0.5) is 0 Å². The molecule has 0 bridgehead atoms. The molecule has 1 N–H and O–H groups in total. The first kappa shape index (κ1) is 12.1. The number of piperazine rings is 1. The van der Waals surface area contributed by atoms with Gasteiger partial charge >= 0.3 is 0 Å². The van der Waals surface area contributed by atoms with E-state index < -0.39 is 0 Å². The summed E-state index contributed by atoms with van der Waals surface area (Å²) in [5.41, 5.74) is 0. The lowest BCUT2D eigenvalue weighted by Gasteiger charge is -2.43. The topological polar surface area (TPSA) is 49.2 Å². The van der Waals surface area contributed by atoms with Crippen LogP contribution in [0.25, 0.3) is 0 Å². The molecule has 1 aromatic rings. The van der Waals surface area contributed by atoms with Crippen LogP contribution in [0.3, 0.4) is 0 Å². The highest BCUT2D eigenvalue weighted by Gasteiger charge is 2.27. The first-order valence-corrected chi connectivity index (χ1v) is 6.76. The number of aryl methyl sites for hydroxylation is 1. The van der Waals surface area contributed by atoms with E-state index in [0.717, 1.165) is 37.3 Å². The van der Waals surface area contributed by atoms with Gasteiger partial charge in [0.1, 0.15) is 11.6 Å². The van der Waals surface area contributed by atoms with Crippen molar-refractivity contribution in [3.05, 3.63) is 11.6 Å². The van der Waals surface area contributed by atoms with Crippen molar-refractivity contribution in [2.24, 2.45) is 7.05 Å². The molecule has 0 aromatic carbocycles. The Hall–Kier alpha value is -0.980. The van der Waals surface area contributed by atoms with Crippen LogP contribution < -0.4 is 5.32 Å². The number of nitrogens with one attached hydrogen (secondary N) is 1. The molecule has 0 amide bonds. The van der Waals surface area contributed by atoms with Gasteiger partial charge in [-0.05, 0) is 6.92 Å². The van der Waals surface area contributed by atoms with E-state index in [1.807, 2.05) is 14.0 Å². The molecule has 3 rings (SSSR count). The molecule has 0 unspecified atom stereocenters. The molecule has 2 saturated heterocycles. The minimum absolute atomic E-state index is 0.782. The summed E-state index contributed by atoms with van der Waals surface area (Å²) in [6, 6.07) is 0.782. The monoisotopic (exact) mass is 250 g/mol. The largest absolute Gasteiger partial charge is 0.317 e. The zero-order valence-corrected chi connectivity index (χ0v) is 11.3. The molecule has 3 heterocycles. The maximum absolute atomic E-state index is 4.24. The number of hydrogen-bond acceptors (Lipinski definition) is 5. The standard InChI is InChI=1S/C12H22N6/c1-10-14-15-12(16(10)2)9-17-3-5-18(6-4-17)11-7-13-8-11/h11,13H,3-9H2,1-2H3. The summed E-state index contributed by atoms with van der Waals surface area (Å²) in [6.07, 6.45) is 0. The van der Waals surface area contributed by atoms with Crippen molar-refractivity contribution in [2.75, 3.05) is 39.3 Å². The van der Waals surface area contributed by atoms with Crippen molar-refractivity contribution in [1.29, 1.82) is 0 Å². The Balaban J connectivity index is 1.52.